The summed E-state index contributed by atoms with van der Waals surface area (Å²) >= 11 is 6.92. The van der Waals surface area contributed by atoms with Gasteiger partial charge in [-0.2, -0.15) is 5.26 Å². The molecule has 0 bridgehead atoms. The molecule has 12 heavy (non-hydrogen) atoms. The predicted molar refractivity (Wildman–Crippen MR) is 52.1 cm³/mol. The van der Waals surface area contributed by atoms with E-state index in [9.17, 15) is 0 Å². The molecule has 1 aromatic rings. The van der Waals surface area contributed by atoms with Crippen molar-refractivity contribution < 1.29 is 0 Å². The van der Waals surface area contributed by atoms with Gasteiger partial charge in [-0.3, -0.25) is 0 Å². The SMILES string of the molecule is Cc1cc(N)cc(Cl)c1SC#N. The van der Waals surface area contributed by atoms with Crippen molar-refractivity contribution in [2.24, 2.45) is 0 Å². The third-order valence-corrected chi connectivity index (χ3v) is 2.65. The molecule has 0 fully saturated rings. The van der Waals surface area contributed by atoms with Gasteiger partial charge in [0.15, 0.2) is 0 Å². The first kappa shape index (κ1) is 9.24. The van der Waals surface area contributed by atoms with Crippen molar-refractivity contribution >= 4 is 29.1 Å². The van der Waals surface area contributed by atoms with Crippen LogP contribution < -0.4 is 5.73 Å². The number of nitrogen functional groups attached to an aromatic ring is 1. The number of anilines is 1. The highest BCUT2D eigenvalue weighted by Crippen LogP contribution is 2.31. The third kappa shape index (κ3) is 1.84. The molecule has 2 nitrogen and oxygen atoms in total. The monoisotopic (exact) mass is 198 g/mol. The lowest BCUT2D eigenvalue weighted by molar-refractivity contribution is 1.31. The van der Waals surface area contributed by atoms with Crippen LogP contribution in [0.5, 0.6) is 0 Å². The van der Waals surface area contributed by atoms with Crippen molar-refractivity contribution in [2.45, 2.75) is 11.8 Å². The van der Waals surface area contributed by atoms with Crippen LogP contribution in [0.3, 0.4) is 0 Å². The fourth-order valence-corrected chi connectivity index (χ4v) is 1.79. The number of halogens is 1. The predicted octanol–water partition coefficient (Wildman–Crippen LogP) is 2.80. The first-order chi connectivity index (χ1) is 5.65. The van der Waals surface area contributed by atoms with Gasteiger partial charge >= 0.3 is 0 Å². The molecule has 1 rings (SSSR count). The van der Waals surface area contributed by atoms with Crippen LogP contribution in [0.15, 0.2) is 17.0 Å². The zero-order chi connectivity index (χ0) is 9.14. The van der Waals surface area contributed by atoms with Gasteiger partial charge in [0.1, 0.15) is 5.40 Å². The second kappa shape index (κ2) is 3.70. The van der Waals surface area contributed by atoms with E-state index in [-0.39, 0.29) is 0 Å². The smallest absolute Gasteiger partial charge is 0.138 e. The molecule has 2 N–H and O–H groups in total. The number of thioether (sulfide) groups is 1. The van der Waals surface area contributed by atoms with Gasteiger partial charge in [-0.1, -0.05) is 11.6 Å². The van der Waals surface area contributed by atoms with Gasteiger partial charge < -0.3 is 5.73 Å². The van der Waals surface area contributed by atoms with Gasteiger partial charge in [0.2, 0.25) is 0 Å². The zero-order valence-electron chi connectivity index (χ0n) is 6.47. The largest absolute Gasteiger partial charge is 0.399 e. The highest BCUT2D eigenvalue weighted by atomic mass is 35.5. The highest BCUT2D eigenvalue weighted by molar-refractivity contribution is 8.03. The number of rotatable bonds is 1. The second-order valence-corrected chi connectivity index (χ2v) is 3.54. The van der Waals surface area contributed by atoms with Crippen LogP contribution in [-0.4, -0.2) is 0 Å². The summed E-state index contributed by atoms with van der Waals surface area (Å²) in [6.45, 7) is 1.88. The Morgan fingerprint density at radius 3 is 2.75 bits per heavy atom. The molecule has 4 heteroatoms. The van der Waals surface area contributed by atoms with Crippen LogP contribution in [0.1, 0.15) is 5.56 Å². The fourth-order valence-electron chi connectivity index (χ4n) is 0.932. The summed E-state index contributed by atoms with van der Waals surface area (Å²) in [4.78, 5) is 0.786. The van der Waals surface area contributed by atoms with E-state index >= 15 is 0 Å². The summed E-state index contributed by atoms with van der Waals surface area (Å²) in [7, 11) is 0. The van der Waals surface area contributed by atoms with Crippen molar-refractivity contribution in [1.29, 1.82) is 5.26 Å². The van der Waals surface area contributed by atoms with Gasteiger partial charge in [-0.15, -0.1) is 0 Å². The van der Waals surface area contributed by atoms with Crippen LogP contribution in [-0.2, 0) is 0 Å². The van der Waals surface area contributed by atoms with Crippen molar-refractivity contribution in [3.8, 4) is 5.40 Å². The minimum atomic E-state index is 0.541. The zero-order valence-corrected chi connectivity index (χ0v) is 8.04. The Hall–Kier alpha value is -0.850. The summed E-state index contributed by atoms with van der Waals surface area (Å²) < 4.78 is 0. The Balaban J connectivity index is 3.21. The van der Waals surface area contributed by atoms with Crippen LogP contribution in [0.25, 0.3) is 0 Å². The molecule has 0 atom stereocenters. The Morgan fingerprint density at radius 2 is 2.25 bits per heavy atom. The molecule has 0 aliphatic heterocycles. The number of nitrogens with zero attached hydrogens (tertiary/aromatic N) is 1. The van der Waals surface area contributed by atoms with Crippen LogP contribution in [0.4, 0.5) is 5.69 Å². The van der Waals surface area contributed by atoms with E-state index in [0.717, 1.165) is 22.2 Å². The number of nitrogens with two attached hydrogens (primary N) is 1. The standard InChI is InChI=1S/C8H7ClN2S/c1-5-2-6(11)3-7(9)8(5)12-4-10/h2-3H,11H2,1H3. The highest BCUT2D eigenvalue weighted by Gasteiger charge is 2.05. The first-order valence-electron chi connectivity index (χ1n) is 3.26. The molecule has 0 aliphatic rings. The van der Waals surface area contributed by atoms with Crippen molar-refractivity contribution in [3.63, 3.8) is 0 Å². The van der Waals surface area contributed by atoms with Crippen LogP contribution in [0, 0.1) is 17.6 Å². The van der Waals surface area contributed by atoms with Crippen LogP contribution in [0.2, 0.25) is 5.02 Å². The lowest BCUT2D eigenvalue weighted by Gasteiger charge is -2.04. The van der Waals surface area contributed by atoms with Crippen LogP contribution >= 0.6 is 23.4 Å². The maximum atomic E-state index is 8.46. The molecule has 0 saturated heterocycles. The molecule has 0 unspecified atom stereocenters. The summed E-state index contributed by atoms with van der Waals surface area (Å²) in [5.41, 5.74) is 7.11. The molecule has 0 aliphatic carbocycles. The number of aryl methyl sites for hydroxylation is 1. The van der Waals surface area contributed by atoms with E-state index in [1.165, 1.54) is 0 Å². The maximum Gasteiger partial charge on any atom is 0.138 e. The van der Waals surface area contributed by atoms with Gasteiger partial charge in [0, 0.05) is 10.6 Å². The van der Waals surface area contributed by atoms with Gasteiger partial charge in [-0.05, 0) is 36.4 Å². The van der Waals surface area contributed by atoms with E-state index in [4.69, 9.17) is 22.6 Å². The summed E-state index contributed by atoms with van der Waals surface area (Å²) in [5.74, 6) is 0. The van der Waals surface area contributed by atoms with Crippen molar-refractivity contribution in [2.75, 3.05) is 5.73 Å². The molecule has 1 aromatic carbocycles. The van der Waals surface area contributed by atoms with E-state index in [1.807, 2.05) is 12.3 Å². The van der Waals surface area contributed by atoms with Gasteiger partial charge in [0.25, 0.3) is 0 Å². The van der Waals surface area contributed by atoms with Crippen molar-refractivity contribution in [3.05, 3.63) is 22.7 Å². The molecule has 0 spiro atoms. The first-order valence-corrected chi connectivity index (χ1v) is 4.46. The molecule has 0 saturated carbocycles. The quantitative estimate of drug-likeness (QED) is 0.429. The summed E-state index contributed by atoms with van der Waals surface area (Å²) in [5, 5.41) is 11.0. The molecule has 0 radical (unpaired) electrons. The number of benzene rings is 1. The summed E-state index contributed by atoms with van der Waals surface area (Å²) in [6, 6.07) is 3.44. The number of hydrogen-bond donors (Lipinski definition) is 1. The Bertz CT molecular complexity index is 320. The normalized spacial score (nSPS) is 9.42. The van der Waals surface area contributed by atoms with Crippen molar-refractivity contribution in [1.82, 2.24) is 0 Å². The average molecular weight is 199 g/mol. The van der Waals surface area contributed by atoms with Gasteiger partial charge in [-0.25, -0.2) is 0 Å². The maximum absolute atomic E-state index is 8.46. The van der Waals surface area contributed by atoms with E-state index < -0.39 is 0 Å². The third-order valence-electron chi connectivity index (χ3n) is 1.40. The van der Waals surface area contributed by atoms with E-state index in [1.54, 1.807) is 12.1 Å². The topological polar surface area (TPSA) is 49.8 Å². The number of hydrogen-bond acceptors (Lipinski definition) is 3. The molecule has 0 aromatic heterocycles. The van der Waals surface area contributed by atoms with E-state index in [2.05, 4.69) is 0 Å². The molecular weight excluding hydrogens is 192 g/mol. The molecule has 0 amide bonds. The lowest BCUT2D eigenvalue weighted by Crippen LogP contribution is -1.88. The Labute approximate surface area is 80.3 Å². The minimum absolute atomic E-state index is 0.541. The molecule has 0 heterocycles. The van der Waals surface area contributed by atoms with Gasteiger partial charge in [0.05, 0.1) is 5.02 Å². The summed E-state index contributed by atoms with van der Waals surface area (Å²) in [6.07, 6.45) is 0. The number of thiocyanates is 1. The molecule has 62 valence electrons. The lowest BCUT2D eigenvalue weighted by atomic mass is 10.2. The second-order valence-electron chi connectivity index (χ2n) is 2.34. The van der Waals surface area contributed by atoms with E-state index in [0.29, 0.717) is 10.7 Å². The Morgan fingerprint density at radius 1 is 1.58 bits per heavy atom. The Kier molecular flexibility index (Phi) is 2.85. The average Bonchev–Trinajstić information content (AvgIpc) is 1.96. The number of nitriles is 1. The molecular formula is C8H7ClN2S. The minimum Gasteiger partial charge on any atom is -0.399 e. The fraction of sp³-hybridized carbons (Fsp3) is 0.125.